The molecule has 19 heavy (non-hydrogen) atoms. The summed E-state index contributed by atoms with van der Waals surface area (Å²) in [6, 6.07) is 6.12. The van der Waals surface area contributed by atoms with Gasteiger partial charge in [0.05, 0.1) is 0 Å². The topological polar surface area (TPSA) is 32.3 Å². The van der Waals surface area contributed by atoms with E-state index >= 15 is 0 Å². The summed E-state index contributed by atoms with van der Waals surface area (Å²) >= 11 is 0. The monoisotopic (exact) mass is 280 g/mol. The average molecular weight is 281 g/mol. The summed E-state index contributed by atoms with van der Waals surface area (Å²) in [5.41, 5.74) is 3.12. The first-order chi connectivity index (χ1) is 8.65. The molecule has 0 spiro atoms. The number of carbonyl (C=O) groups excluding carboxylic acids is 1. The van der Waals surface area contributed by atoms with E-state index in [1.54, 1.807) is 0 Å². The lowest BCUT2D eigenvalue weighted by Gasteiger charge is -2.19. The predicted molar refractivity (Wildman–Crippen MR) is 78.9 cm³/mol. The number of likely N-dealkylation sites (tertiary alicyclic amines) is 1. The van der Waals surface area contributed by atoms with Crippen molar-refractivity contribution in [1.29, 1.82) is 0 Å². The fourth-order valence-corrected chi connectivity index (χ4v) is 3.16. The Hall–Kier alpha value is -1.06. The van der Waals surface area contributed by atoms with Gasteiger partial charge in [-0.05, 0) is 37.3 Å². The smallest absolute Gasteiger partial charge is 0.254 e. The van der Waals surface area contributed by atoms with Crippen LogP contribution in [0.15, 0.2) is 18.2 Å². The average Bonchev–Trinajstić information content (AvgIpc) is 2.91. The number of halogens is 1. The molecule has 3 nitrogen and oxygen atoms in total. The highest BCUT2D eigenvalue weighted by atomic mass is 35.5. The standard InChI is InChI=1S/C15H20N2O.ClH/c1-10-3-4-11(2)14(5-10)15(18)17-8-12-6-16-7-13(12)9-17;/h3-5,12-13,16H,6-9H2,1-2H3;1H/t12-,13+;. The van der Waals surface area contributed by atoms with E-state index < -0.39 is 0 Å². The highest BCUT2D eigenvalue weighted by Crippen LogP contribution is 2.28. The van der Waals surface area contributed by atoms with Crippen molar-refractivity contribution in [3.63, 3.8) is 0 Å². The molecule has 104 valence electrons. The molecule has 3 rings (SSSR count). The van der Waals surface area contributed by atoms with Gasteiger partial charge in [0, 0.05) is 31.7 Å². The molecule has 0 unspecified atom stereocenters. The molecule has 1 amide bonds. The maximum Gasteiger partial charge on any atom is 0.254 e. The van der Waals surface area contributed by atoms with Gasteiger partial charge in [-0.3, -0.25) is 4.79 Å². The van der Waals surface area contributed by atoms with Gasteiger partial charge < -0.3 is 10.2 Å². The lowest BCUT2D eigenvalue weighted by Crippen LogP contribution is -2.32. The Bertz CT molecular complexity index is 477. The molecular weight excluding hydrogens is 260 g/mol. The summed E-state index contributed by atoms with van der Waals surface area (Å²) in [6.45, 7) is 8.04. The predicted octanol–water partition coefficient (Wildman–Crippen LogP) is 2.02. The van der Waals surface area contributed by atoms with E-state index in [9.17, 15) is 4.79 Å². The van der Waals surface area contributed by atoms with E-state index in [0.717, 1.165) is 42.9 Å². The molecule has 2 saturated heterocycles. The van der Waals surface area contributed by atoms with Gasteiger partial charge in [0.25, 0.3) is 5.91 Å². The number of carbonyl (C=O) groups is 1. The molecule has 2 fully saturated rings. The fraction of sp³-hybridized carbons (Fsp3) is 0.533. The van der Waals surface area contributed by atoms with Crippen LogP contribution in [0.5, 0.6) is 0 Å². The van der Waals surface area contributed by atoms with Gasteiger partial charge in [0.1, 0.15) is 0 Å². The number of aryl methyl sites for hydroxylation is 2. The molecule has 0 radical (unpaired) electrons. The minimum Gasteiger partial charge on any atom is -0.338 e. The van der Waals surface area contributed by atoms with Crippen LogP contribution in [0.2, 0.25) is 0 Å². The van der Waals surface area contributed by atoms with Crippen molar-refractivity contribution in [2.24, 2.45) is 11.8 Å². The largest absolute Gasteiger partial charge is 0.338 e. The summed E-state index contributed by atoms with van der Waals surface area (Å²) in [5, 5.41) is 3.41. The Morgan fingerprint density at radius 3 is 2.47 bits per heavy atom. The van der Waals surface area contributed by atoms with E-state index in [2.05, 4.69) is 11.4 Å². The molecule has 1 aromatic carbocycles. The summed E-state index contributed by atoms with van der Waals surface area (Å²) < 4.78 is 0. The van der Waals surface area contributed by atoms with Crippen LogP contribution in [0.1, 0.15) is 21.5 Å². The van der Waals surface area contributed by atoms with Crippen molar-refractivity contribution in [1.82, 2.24) is 10.2 Å². The second-order valence-electron chi connectivity index (χ2n) is 5.71. The normalized spacial score (nSPS) is 25.1. The molecule has 2 heterocycles. The maximum atomic E-state index is 12.6. The molecule has 0 aromatic heterocycles. The van der Waals surface area contributed by atoms with E-state index in [1.807, 2.05) is 30.9 Å². The van der Waals surface area contributed by atoms with E-state index in [4.69, 9.17) is 0 Å². The Kier molecular flexibility index (Phi) is 4.16. The Balaban J connectivity index is 0.00000133. The number of fused-ring (bicyclic) bond motifs is 1. The molecule has 2 aliphatic rings. The van der Waals surface area contributed by atoms with Gasteiger partial charge in [0.15, 0.2) is 0 Å². The maximum absolute atomic E-state index is 12.6. The van der Waals surface area contributed by atoms with Crippen LogP contribution in [0.25, 0.3) is 0 Å². The lowest BCUT2D eigenvalue weighted by molar-refractivity contribution is 0.0781. The number of benzene rings is 1. The van der Waals surface area contributed by atoms with Crippen molar-refractivity contribution >= 4 is 18.3 Å². The van der Waals surface area contributed by atoms with Crippen LogP contribution < -0.4 is 5.32 Å². The van der Waals surface area contributed by atoms with Crippen LogP contribution in [0.3, 0.4) is 0 Å². The molecular formula is C15H21ClN2O. The molecule has 2 aliphatic heterocycles. The number of rotatable bonds is 1. The molecule has 0 bridgehead atoms. The SMILES string of the molecule is Cc1ccc(C)c(C(=O)N2C[C@H]3CNC[C@H]3C2)c1.Cl. The zero-order valence-electron chi connectivity index (χ0n) is 11.5. The summed E-state index contributed by atoms with van der Waals surface area (Å²) in [7, 11) is 0. The number of nitrogens with one attached hydrogen (secondary N) is 1. The van der Waals surface area contributed by atoms with E-state index in [-0.39, 0.29) is 18.3 Å². The molecule has 1 N–H and O–H groups in total. The first kappa shape index (κ1) is 14.4. The minimum atomic E-state index is 0. The number of hydrogen-bond acceptors (Lipinski definition) is 2. The van der Waals surface area contributed by atoms with Crippen molar-refractivity contribution in [2.75, 3.05) is 26.2 Å². The zero-order chi connectivity index (χ0) is 12.7. The Morgan fingerprint density at radius 1 is 1.21 bits per heavy atom. The van der Waals surface area contributed by atoms with Gasteiger partial charge in [-0.1, -0.05) is 17.7 Å². The van der Waals surface area contributed by atoms with Gasteiger partial charge in [0.2, 0.25) is 0 Å². The molecule has 4 heteroatoms. The van der Waals surface area contributed by atoms with E-state index in [0.29, 0.717) is 11.8 Å². The number of nitrogens with zero attached hydrogens (tertiary/aromatic N) is 1. The molecule has 0 aliphatic carbocycles. The minimum absolute atomic E-state index is 0. The molecule has 2 atom stereocenters. The Morgan fingerprint density at radius 2 is 1.84 bits per heavy atom. The van der Waals surface area contributed by atoms with Gasteiger partial charge in [-0.25, -0.2) is 0 Å². The first-order valence-corrected chi connectivity index (χ1v) is 6.72. The molecule has 1 aromatic rings. The van der Waals surface area contributed by atoms with Gasteiger partial charge in [-0.2, -0.15) is 0 Å². The third kappa shape index (κ3) is 2.63. The van der Waals surface area contributed by atoms with Crippen LogP contribution in [-0.2, 0) is 0 Å². The highest BCUT2D eigenvalue weighted by Gasteiger charge is 2.38. The van der Waals surface area contributed by atoms with Crippen molar-refractivity contribution in [3.05, 3.63) is 34.9 Å². The number of amides is 1. The van der Waals surface area contributed by atoms with Crippen LogP contribution in [0.4, 0.5) is 0 Å². The van der Waals surface area contributed by atoms with Gasteiger partial charge in [-0.15, -0.1) is 12.4 Å². The van der Waals surface area contributed by atoms with Crippen LogP contribution in [-0.4, -0.2) is 37.0 Å². The number of hydrogen-bond donors (Lipinski definition) is 1. The summed E-state index contributed by atoms with van der Waals surface area (Å²) in [4.78, 5) is 14.6. The third-order valence-corrected chi connectivity index (χ3v) is 4.30. The summed E-state index contributed by atoms with van der Waals surface area (Å²) in [5.74, 6) is 1.55. The lowest BCUT2D eigenvalue weighted by atomic mass is 10.0. The zero-order valence-corrected chi connectivity index (χ0v) is 12.3. The molecule has 0 saturated carbocycles. The summed E-state index contributed by atoms with van der Waals surface area (Å²) in [6.07, 6.45) is 0. The highest BCUT2D eigenvalue weighted by molar-refractivity contribution is 5.96. The van der Waals surface area contributed by atoms with Crippen molar-refractivity contribution in [3.8, 4) is 0 Å². The second-order valence-corrected chi connectivity index (χ2v) is 5.71. The van der Waals surface area contributed by atoms with Crippen LogP contribution >= 0.6 is 12.4 Å². The van der Waals surface area contributed by atoms with Crippen molar-refractivity contribution < 1.29 is 4.79 Å². The van der Waals surface area contributed by atoms with Crippen molar-refractivity contribution in [2.45, 2.75) is 13.8 Å². The third-order valence-electron chi connectivity index (χ3n) is 4.30. The Labute approximate surface area is 120 Å². The van der Waals surface area contributed by atoms with Crippen LogP contribution in [0, 0.1) is 25.7 Å². The fourth-order valence-electron chi connectivity index (χ4n) is 3.16. The quantitative estimate of drug-likeness (QED) is 0.854. The second kappa shape index (κ2) is 5.51. The van der Waals surface area contributed by atoms with Gasteiger partial charge >= 0.3 is 0 Å². The first-order valence-electron chi connectivity index (χ1n) is 6.72. The van der Waals surface area contributed by atoms with E-state index in [1.165, 1.54) is 0 Å².